The number of rotatable bonds is 6. The van der Waals surface area contributed by atoms with Gasteiger partial charge in [-0.2, -0.15) is 0 Å². The predicted octanol–water partition coefficient (Wildman–Crippen LogP) is 1.40. The molecule has 0 radical (unpaired) electrons. The van der Waals surface area contributed by atoms with Crippen LogP contribution >= 0.6 is 0 Å². The third kappa shape index (κ3) is 5.16. The van der Waals surface area contributed by atoms with Gasteiger partial charge in [-0.05, 0) is 27.2 Å². The minimum absolute atomic E-state index is 0.230. The van der Waals surface area contributed by atoms with Crippen molar-refractivity contribution in [3.8, 4) is 0 Å². The number of hydrogen-bond acceptors (Lipinski definition) is 5. The second kappa shape index (κ2) is 6.87. The Labute approximate surface area is 108 Å². The van der Waals surface area contributed by atoms with Crippen LogP contribution in [0.1, 0.15) is 33.6 Å². The lowest BCUT2D eigenvalue weighted by Gasteiger charge is -2.19. The van der Waals surface area contributed by atoms with Gasteiger partial charge in [-0.25, -0.2) is 0 Å². The first-order valence-corrected chi connectivity index (χ1v) is 6.25. The summed E-state index contributed by atoms with van der Waals surface area (Å²) in [5, 5.41) is 9.88. The van der Waals surface area contributed by atoms with Crippen LogP contribution in [0.4, 0.5) is 0 Å². The van der Waals surface area contributed by atoms with Gasteiger partial charge in [0, 0.05) is 0 Å². The van der Waals surface area contributed by atoms with Crippen molar-refractivity contribution in [3.05, 3.63) is 12.2 Å². The second-order valence-electron chi connectivity index (χ2n) is 4.65. The summed E-state index contributed by atoms with van der Waals surface area (Å²) >= 11 is 0. The highest BCUT2D eigenvalue weighted by Crippen LogP contribution is 2.25. The van der Waals surface area contributed by atoms with E-state index in [9.17, 15) is 9.90 Å². The number of aliphatic hydroxyl groups is 1. The van der Waals surface area contributed by atoms with Crippen molar-refractivity contribution in [2.24, 2.45) is 0 Å². The van der Waals surface area contributed by atoms with E-state index in [0.717, 1.165) is 0 Å². The molecule has 0 saturated carbocycles. The summed E-state index contributed by atoms with van der Waals surface area (Å²) in [6, 6.07) is 0. The minimum atomic E-state index is -0.625. The molecular weight excluding hydrogens is 236 g/mol. The fourth-order valence-corrected chi connectivity index (χ4v) is 1.69. The standard InChI is InChI=1S/C13H22O5/c1-4-16-12(15)8-6-5-7-10(14)11-9-17-13(2,3)18-11/h5-6,10-11,14H,4,7-9H2,1-3H3/b6-5-/t10-,11+/m0/s1. The van der Waals surface area contributed by atoms with E-state index in [1.54, 1.807) is 19.1 Å². The molecule has 104 valence electrons. The summed E-state index contributed by atoms with van der Waals surface area (Å²) in [6.07, 6.45) is 3.19. The highest BCUT2D eigenvalue weighted by Gasteiger charge is 2.36. The zero-order chi connectivity index (χ0) is 13.6. The predicted molar refractivity (Wildman–Crippen MR) is 65.9 cm³/mol. The minimum Gasteiger partial charge on any atom is -0.466 e. The molecule has 0 spiro atoms. The van der Waals surface area contributed by atoms with Crippen LogP contribution in [0.3, 0.4) is 0 Å². The number of esters is 1. The first-order valence-electron chi connectivity index (χ1n) is 6.25. The SMILES string of the molecule is CCOC(=O)C/C=C\C[C@H](O)[C@H]1COC(C)(C)O1. The maximum atomic E-state index is 11.0. The molecular formula is C13H22O5. The van der Waals surface area contributed by atoms with Gasteiger partial charge in [-0.15, -0.1) is 0 Å². The maximum absolute atomic E-state index is 11.0. The van der Waals surface area contributed by atoms with Crippen LogP contribution in [0, 0.1) is 0 Å². The quantitative estimate of drug-likeness (QED) is 0.576. The molecule has 2 atom stereocenters. The van der Waals surface area contributed by atoms with Crippen molar-refractivity contribution in [1.29, 1.82) is 0 Å². The summed E-state index contributed by atoms with van der Waals surface area (Å²) in [5.74, 6) is -0.884. The van der Waals surface area contributed by atoms with Gasteiger partial charge in [0.2, 0.25) is 0 Å². The van der Waals surface area contributed by atoms with Crippen molar-refractivity contribution in [2.45, 2.75) is 51.6 Å². The first-order chi connectivity index (χ1) is 8.44. The molecule has 1 rings (SSSR count). The van der Waals surface area contributed by atoms with Crippen molar-refractivity contribution >= 4 is 5.97 Å². The molecule has 1 saturated heterocycles. The molecule has 0 aromatic heterocycles. The van der Waals surface area contributed by atoms with E-state index >= 15 is 0 Å². The Balaban J connectivity index is 2.23. The van der Waals surface area contributed by atoms with Crippen molar-refractivity contribution in [2.75, 3.05) is 13.2 Å². The van der Waals surface area contributed by atoms with Crippen molar-refractivity contribution in [3.63, 3.8) is 0 Å². The summed E-state index contributed by atoms with van der Waals surface area (Å²) in [6.45, 7) is 6.18. The van der Waals surface area contributed by atoms with Crippen LogP contribution in [0.2, 0.25) is 0 Å². The summed E-state index contributed by atoms with van der Waals surface area (Å²) in [5.41, 5.74) is 0. The van der Waals surface area contributed by atoms with Crippen LogP contribution in [0.25, 0.3) is 0 Å². The van der Waals surface area contributed by atoms with Crippen LogP contribution in [-0.4, -0.2) is 42.3 Å². The Kier molecular flexibility index (Phi) is 5.78. The number of ether oxygens (including phenoxy) is 3. The molecule has 1 aliphatic heterocycles. The highest BCUT2D eigenvalue weighted by atomic mass is 16.7. The average Bonchev–Trinajstić information content (AvgIpc) is 2.65. The normalized spacial score (nSPS) is 24.3. The van der Waals surface area contributed by atoms with E-state index in [1.165, 1.54) is 0 Å². The Hall–Kier alpha value is -0.910. The second-order valence-corrected chi connectivity index (χ2v) is 4.65. The number of hydrogen-bond donors (Lipinski definition) is 1. The van der Waals surface area contributed by atoms with Crippen LogP contribution < -0.4 is 0 Å². The zero-order valence-electron chi connectivity index (χ0n) is 11.2. The molecule has 0 aromatic rings. The molecule has 5 nitrogen and oxygen atoms in total. The molecule has 0 aliphatic carbocycles. The Morgan fingerprint density at radius 1 is 1.56 bits per heavy atom. The fraction of sp³-hybridized carbons (Fsp3) is 0.769. The third-order valence-corrected chi connectivity index (χ3v) is 2.59. The van der Waals surface area contributed by atoms with E-state index in [4.69, 9.17) is 14.2 Å². The van der Waals surface area contributed by atoms with E-state index in [2.05, 4.69) is 0 Å². The Morgan fingerprint density at radius 3 is 2.83 bits per heavy atom. The molecule has 0 bridgehead atoms. The Morgan fingerprint density at radius 2 is 2.28 bits per heavy atom. The van der Waals surface area contributed by atoms with Crippen LogP contribution in [0.15, 0.2) is 12.2 Å². The van der Waals surface area contributed by atoms with Gasteiger partial charge in [0.1, 0.15) is 6.10 Å². The summed E-state index contributed by atoms with van der Waals surface area (Å²) in [4.78, 5) is 11.0. The van der Waals surface area contributed by atoms with Gasteiger partial charge in [-0.3, -0.25) is 4.79 Å². The van der Waals surface area contributed by atoms with Crippen LogP contribution in [0.5, 0.6) is 0 Å². The number of aliphatic hydroxyl groups excluding tert-OH is 1. The van der Waals surface area contributed by atoms with E-state index in [1.807, 2.05) is 13.8 Å². The average molecular weight is 258 g/mol. The third-order valence-electron chi connectivity index (χ3n) is 2.59. The summed E-state index contributed by atoms with van der Waals surface area (Å²) in [7, 11) is 0. The van der Waals surface area contributed by atoms with E-state index in [-0.39, 0.29) is 18.5 Å². The van der Waals surface area contributed by atoms with Gasteiger partial charge >= 0.3 is 5.97 Å². The number of carbonyl (C=O) groups excluding carboxylic acids is 1. The van der Waals surface area contributed by atoms with Crippen molar-refractivity contribution in [1.82, 2.24) is 0 Å². The molecule has 5 heteroatoms. The van der Waals surface area contributed by atoms with Gasteiger partial charge in [0.05, 0.1) is 25.7 Å². The lowest BCUT2D eigenvalue weighted by atomic mass is 10.1. The lowest BCUT2D eigenvalue weighted by molar-refractivity contribution is -0.150. The first kappa shape index (κ1) is 15.1. The molecule has 1 aliphatic rings. The molecule has 1 N–H and O–H groups in total. The van der Waals surface area contributed by atoms with Gasteiger partial charge in [0.25, 0.3) is 0 Å². The van der Waals surface area contributed by atoms with Gasteiger partial charge < -0.3 is 19.3 Å². The highest BCUT2D eigenvalue weighted by molar-refractivity contribution is 5.71. The monoisotopic (exact) mass is 258 g/mol. The smallest absolute Gasteiger partial charge is 0.309 e. The molecule has 0 unspecified atom stereocenters. The topological polar surface area (TPSA) is 65.0 Å². The summed E-state index contributed by atoms with van der Waals surface area (Å²) < 4.78 is 15.7. The molecule has 0 amide bonds. The van der Waals surface area contributed by atoms with Gasteiger partial charge in [0.15, 0.2) is 5.79 Å². The van der Waals surface area contributed by atoms with Gasteiger partial charge in [-0.1, -0.05) is 12.2 Å². The molecule has 18 heavy (non-hydrogen) atoms. The largest absolute Gasteiger partial charge is 0.466 e. The molecule has 1 heterocycles. The molecule has 0 aromatic carbocycles. The Bertz CT molecular complexity index is 298. The van der Waals surface area contributed by atoms with E-state index < -0.39 is 11.9 Å². The number of carbonyl (C=O) groups is 1. The fourth-order valence-electron chi connectivity index (χ4n) is 1.69. The molecule has 1 fully saturated rings. The lowest BCUT2D eigenvalue weighted by Crippen LogP contribution is -2.30. The van der Waals surface area contributed by atoms with Crippen LogP contribution in [-0.2, 0) is 19.0 Å². The van der Waals surface area contributed by atoms with Crippen molar-refractivity contribution < 1.29 is 24.1 Å². The maximum Gasteiger partial charge on any atom is 0.309 e. The van der Waals surface area contributed by atoms with E-state index in [0.29, 0.717) is 19.6 Å². The zero-order valence-corrected chi connectivity index (χ0v) is 11.2.